The predicted molar refractivity (Wildman–Crippen MR) is 71.8 cm³/mol. The van der Waals surface area contributed by atoms with Crippen LogP contribution in [0.15, 0.2) is 0 Å². The summed E-state index contributed by atoms with van der Waals surface area (Å²) < 4.78 is 0. The zero-order chi connectivity index (χ0) is 11.8. The van der Waals surface area contributed by atoms with Gasteiger partial charge < -0.3 is 10.2 Å². The van der Waals surface area contributed by atoms with Gasteiger partial charge in [0.25, 0.3) is 0 Å². The van der Waals surface area contributed by atoms with Crippen LogP contribution in [0, 0.1) is 5.92 Å². The molecule has 2 heteroatoms. The molecule has 1 aliphatic rings. The lowest BCUT2D eigenvalue weighted by Crippen LogP contribution is -2.36. The van der Waals surface area contributed by atoms with E-state index in [1.165, 1.54) is 51.6 Å². The van der Waals surface area contributed by atoms with Crippen LogP contribution in [0.1, 0.15) is 52.4 Å². The molecule has 0 spiro atoms. The molecule has 1 N–H and O–H groups in total. The minimum absolute atomic E-state index is 0.865. The van der Waals surface area contributed by atoms with Gasteiger partial charge in [-0.3, -0.25) is 0 Å². The summed E-state index contributed by atoms with van der Waals surface area (Å²) >= 11 is 0. The van der Waals surface area contributed by atoms with Crippen LogP contribution in [-0.2, 0) is 0 Å². The van der Waals surface area contributed by atoms with Gasteiger partial charge >= 0.3 is 0 Å². The maximum Gasteiger partial charge on any atom is 0.00924 e. The highest BCUT2D eigenvalue weighted by atomic mass is 15.1. The molecule has 96 valence electrons. The first-order chi connectivity index (χ1) is 7.77. The molecule has 0 aromatic heterocycles. The van der Waals surface area contributed by atoms with Crippen molar-refractivity contribution < 1.29 is 0 Å². The van der Waals surface area contributed by atoms with Crippen LogP contribution >= 0.6 is 0 Å². The van der Waals surface area contributed by atoms with Crippen molar-refractivity contribution in [2.75, 3.05) is 26.7 Å². The van der Waals surface area contributed by atoms with E-state index in [2.05, 4.69) is 31.1 Å². The van der Waals surface area contributed by atoms with Gasteiger partial charge in [0.1, 0.15) is 0 Å². The van der Waals surface area contributed by atoms with Crippen molar-refractivity contribution in [2.24, 2.45) is 5.92 Å². The van der Waals surface area contributed by atoms with Gasteiger partial charge in [-0.05, 0) is 64.7 Å². The summed E-state index contributed by atoms with van der Waals surface area (Å²) in [5.41, 5.74) is 0. The van der Waals surface area contributed by atoms with Crippen LogP contribution in [-0.4, -0.2) is 37.6 Å². The fourth-order valence-corrected chi connectivity index (χ4v) is 2.81. The second-order valence-electron chi connectivity index (χ2n) is 5.27. The highest BCUT2D eigenvalue weighted by Gasteiger charge is 2.22. The summed E-state index contributed by atoms with van der Waals surface area (Å²) in [6.07, 6.45) is 8.44. The Hall–Kier alpha value is -0.0800. The summed E-state index contributed by atoms with van der Waals surface area (Å²) in [5, 5.41) is 3.40. The molecule has 0 saturated heterocycles. The third-order valence-corrected chi connectivity index (χ3v) is 4.13. The first-order valence-electron chi connectivity index (χ1n) is 7.18. The van der Waals surface area contributed by atoms with Crippen molar-refractivity contribution in [3.63, 3.8) is 0 Å². The van der Waals surface area contributed by atoms with Crippen molar-refractivity contribution in [3.05, 3.63) is 0 Å². The number of rotatable bonds is 7. The second-order valence-corrected chi connectivity index (χ2v) is 5.27. The Kier molecular flexibility index (Phi) is 7.06. The summed E-state index contributed by atoms with van der Waals surface area (Å²) in [7, 11) is 2.31. The molecule has 0 unspecified atom stereocenters. The Morgan fingerprint density at radius 3 is 2.38 bits per heavy atom. The van der Waals surface area contributed by atoms with Gasteiger partial charge in [0.2, 0.25) is 0 Å². The third kappa shape index (κ3) is 4.84. The average Bonchev–Trinajstić information content (AvgIpc) is 2.34. The molecule has 16 heavy (non-hydrogen) atoms. The summed E-state index contributed by atoms with van der Waals surface area (Å²) in [4.78, 5) is 2.59. The molecule has 2 nitrogen and oxygen atoms in total. The number of hydrogen-bond acceptors (Lipinski definition) is 2. The molecule has 0 aromatic carbocycles. The molecule has 1 saturated carbocycles. The van der Waals surface area contributed by atoms with Crippen molar-refractivity contribution in [1.29, 1.82) is 0 Å². The quantitative estimate of drug-likeness (QED) is 0.672. The summed E-state index contributed by atoms with van der Waals surface area (Å²) in [6, 6.07) is 0.865. The molecule has 1 rings (SSSR count). The highest BCUT2D eigenvalue weighted by Crippen LogP contribution is 2.28. The van der Waals surface area contributed by atoms with Gasteiger partial charge in [-0.25, -0.2) is 0 Å². The second kappa shape index (κ2) is 8.08. The van der Waals surface area contributed by atoms with E-state index in [1.807, 2.05) is 0 Å². The minimum Gasteiger partial charge on any atom is -0.317 e. The molecular weight excluding hydrogens is 196 g/mol. The van der Waals surface area contributed by atoms with Crippen molar-refractivity contribution >= 4 is 0 Å². The monoisotopic (exact) mass is 226 g/mol. The van der Waals surface area contributed by atoms with Gasteiger partial charge in [-0.15, -0.1) is 0 Å². The maximum absolute atomic E-state index is 3.40. The van der Waals surface area contributed by atoms with Crippen LogP contribution < -0.4 is 5.32 Å². The van der Waals surface area contributed by atoms with Crippen LogP contribution in [0.3, 0.4) is 0 Å². The Bertz CT molecular complexity index is 162. The van der Waals surface area contributed by atoms with E-state index in [0.29, 0.717) is 0 Å². The Balaban J connectivity index is 2.10. The lowest BCUT2D eigenvalue weighted by Gasteiger charge is -2.34. The molecule has 0 aliphatic heterocycles. The van der Waals surface area contributed by atoms with E-state index in [-0.39, 0.29) is 0 Å². The largest absolute Gasteiger partial charge is 0.317 e. The van der Waals surface area contributed by atoms with Gasteiger partial charge in [0.05, 0.1) is 0 Å². The smallest absolute Gasteiger partial charge is 0.00924 e. The first-order valence-corrected chi connectivity index (χ1v) is 7.18. The molecule has 0 heterocycles. The zero-order valence-electron chi connectivity index (χ0n) is 11.5. The topological polar surface area (TPSA) is 15.3 Å². The SMILES string of the molecule is CCNCCCN(C)C1CCC(CC)CC1. The highest BCUT2D eigenvalue weighted by molar-refractivity contribution is 4.77. The Morgan fingerprint density at radius 2 is 1.81 bits per heavy atom. The number of hydrogen-bond donors (Lipinski definition) is 1. The molecule has 0 amide bonds. The van der Waals surface area contributed by atoms with E-state index in [0.717, 1.165) is 18.5 Å². The summed E-state index contributed by atoms with van der Waals surface area (Å²) in [6.45, 7) is 8.05. The molecular formula is C14H30N2. The molecule has 1 aliphatic carbocycles. The molecule has 0 bridgehead atoms. The lowest BCUT2D eigenvalue weighted by molar-refractivity contribution is 0.162. The van der Waals surface area contributed by atoms with E-state index in [4.69, 9.17) is 0 Å². The van der Waals surface area contributed by atoms with Crippen LogP contribution in [0.5, 0.6) is 0 Å². The maximum atomic E-state index is 3.40. The molecule has 0 aromatic rings. The van der Waals surface area contributed by atoms with Crippen LogP contribution in [0.25, 0.3) is 0 Å². The number of nitrogens with zero attached hydrogens (tertiary/aromatic N) is 1. The van der Waals surface area contributed by atoms with Gasteiger partial charge in [-0.2, -0.15) is 0 Å². The number of nitrogens with one attached hydrogen (secondary N) is 1. The average molecular weight is 226 g/mol. The first kappa shape index (κ1) is 14.0. The fraction of sp³-hybridized carbons (Fsp3) is 1.00. The molecule has 1 fully saturated rings. The minimum atomic E-state index is 0.865. The van der Waals surface area contributed by atoms with Gasteiger partial charge in [0.15, 0.2) is 0 Å². The lowest BCUT2D eigenvalue weighted by atomic mass is 9.84. The molecule has 0 radical (unpaired) electrons. The standard InChI is InChI=1S/C14H30N2/c1-4-13-7-9-14(10-8-13)16(3)12-6-11-15-5-2/h13-15H,4-12H2,1-3H3. The summed E-state index contributed by atoms with van der Waals surface area (Å²) in [5.74, 6) is 1.02. The van der Waals surface area contributed by atoms with E-state index < -0.39 is 0 Å². The zero-order valence-corrected chi connectivity index (χ0v) is 11.5. The Labute approximate surface area is 102 Å². The third-order valence-electron chi connectivity index (χ3n) is 4.13. The van der Waals surface area contributed by atoms with Gasteiger partial charge in [-0.1, -0.05) is 20.3 Å². The van der Waals surface area contributed by atoms with E-state index >= 15 is 0 Å². The van der Waals surface area contributed by atoms with Crippen LogP contribution in [0.4, 0.5) is 0 Å². The van der Waals surface area contributed by atoms with E-state index in [1.54, 1.807) is 0 Å². The van der Waals surface area contributed by atoms with Crippen LogP contribution in [0.2, 0.25) is 0 Å². The van der Waals surface area contributed by atoms with Crippen molar-refractivity contribution in [1.82, 2.24) is 10.2 Å². The van der Waals surface area contributed by atoms with Crippen molar-refractivity contribution in [3.8, 4) is 0 Å². The normalized spacial score (nSPS) is 26.2. The Morgan fingerprint density at radius 1 is 1.12 bits per heavy atom. The van der Waals surface area contributed by atoms with Gasteiger partial charge in [0, 0.05) is 6.04 Å². The molecule has 0 atom stereocenters. The van der Waals surface area contributed by atoms with Crippen molar-refractivity contribution in [2.45, 2.75) is 58.4 Å². The van der Waals surface area contributed by atoms with E-state index in [9.17, 15) is 0 Å². The fourth-order valence-electron chi connectivity index (χ4n) is 2.81. The predicted octanol–water partition coefficient (Wildman–Crippen LogP) is 2.89.